The van der Waals surface area contributed by atoms with Gasteiger partial charge in [0.05, 0.1) is 6.61 Å². The zero-order chi connectivity index (χ0) is 11.1. The van der Waals surface area contributed by atoms with Crippen LogP contribution in [-0.2, 0) is 9.53 Å². The molecule has 0 N–H and O–H groups in total. The summed E-state index contributed by atoms with van der Waals surface area (Å²) in [6.07, 6.45) is 2.59. The number of piperidine rings is 1. The van der Waals surface area contributed by atoms with Crippen molar-refractivity contribution in [2.75, 3.05) is 32.8 Å². The zero-order valence-electron chi connectivity index (χ0n) is 10.00. The number of carbonyl (C=O) groups is 1. The molecule has 0 amide bonds. The van der Waals surface area contributed by atoms with Gasteiger partial charge >= 0.3 is 0 Å². The van der Waals surface area contributed by atoms with Crippen LogP contribution in [-0.4, -0.2) is 43.5 Å². The first-order chi connectivity index (χ1) is 7.18. The van der Waals surface area contributed by atoms with E-state index in [2.05, 4.69) is 18.7 Å². The Morgan fingerprint density at radius 2 is 1.93 bits per heavy atom. The Hall–Kier alpha value is -0.410. The Morgan fingerprint density at radius 1 is 1.27 bits per heavy atom. The molecule has 3 nitrogen and oxygen atoms in total. The van der Waals surface area contributed by atoms with Crippen LogP contribution in [0.5, 0.6) is 0 Å². The average Bonchev–Trinajstić information content (AvgIpc) is 2.20. The van der Waals surface area contributed by atoms with Crippen molar-refractivity contribution in [2.45, 2.75) is 33.1 Å². The molecule has 15 heavy (non-hydrogen) atoms. The maximum atomic E-state index is 11.0. The van der Waals surface area contributed by atoms with Crippen LogP contribution in [0, 0.1) is 5.92 Å². The number of ketones is 1. The number of carbonyl (C=O) groups excluding carboxylic acids is 1. The number of hydrogen-bond donors (Lipinski definition) is 0. The second-order valence-electron chi connectivity index (χ2n) is 4.68. The molecule has 88 valence electrons. The first-order valence-corrected chi connectivity index (χ1v) is 6.00. The molecule has 0 atom stereocenters. The van der Waals surface area contributed by atoms with Crippen molar-refractivity contribution in [1.29, 1.82) is 0 Å². The van der Waals surface area contributed by atoms with Crippen molar-refractivity contribution < 1.29 is 9.53 Å². The minimum atomic E-state index is 0.409. The number of nitrogens with zero attached hydrogens (tertiary/aromatic N) is 1. The van der Waals surface area contributed by atoms with Gasteiger partial charge in [-0.3, -0.25) is 4.79 Å². The van der Waals surface area contributed by atoms with Crippen LogP contribution in [0.25, 0.3) is 0 Å². The maximum Gasteiger partial charge on any atom is 0.135 e. The predicted molar refractivity (Wildman–Crippen MR) is 61.0 cm³/mol. The van der Waals surface area contributed by atoms with Gasteiger partial charge < -0.3 is 9.64 Å². The molecule has 0 aliphatic carbocycles. The molecule has 1 aliphatic heterocycles. The topological polar surface area (TPSA) is 29.5 Å². The number of rotatable bonds is 6. The van der Waals surface area contributed by atoms with E-state index in [1.807, 2.05) is 0 Å². The molecule has 0 radical (unpaired) electrons. The summed E-state index contributed by atoms with van der Waals surface area (Å²) in [6, 6.07) is 0. The summed E-state index contributed by atoms with van der Waals surface area (Å²) in [6.45, 7) is 8.91. The smallest absolute Gasteiger partial charge is 0.135 e. The van der Waals surface area contributed by atoms with E-state index < -0.39 is 0 Å². The van der Waals surface area contributed by atoms with E-state index in [4.69, 9.17) is 4.74 Å². The molecule has 1 rings (SSSR count). The average molecular weight is 213 g/mol. The van der Waals surface area contributed by atoms with Crippen molar-refractivity contribution in [3.05, 3.63) is 0 Å². The molecular weight excluding hydrogens is 190 g/mol. The lowest BCUT2D eigenvalue weighted by Gasteiger charge is -2.25. The van der Waals surface area contributed by atoms with Crippen LogP contribution in [0.2, 0.25) is 0 Å². The first-order valence-electron chi connectivity index (χ1n) is 6.00. The van der Waals surface area contributed by atoms with Crippen molar-refractivity contribution in [3.63, 3.8) is 0 Å². The van der Waals surface area contributed by atoms with Gasteiger partial charge in [0, 0.05) is 39.1 Å². The number of likely N-dealkylation sites (tertiary alicyclic amines) is 1. The Morgan fingerprint density at radius 3 is 2.53 bits per heavy atom. The number of hydrogen-bond acceptors (Lipinski definition) is 3. The molecule has 1 aliphatic rings. The summed E-state index contributed by atoms with van der Waals surface area (Å²) in [5.74, 6) is 1.13. The van der Waals surface area contributed by atoms with Crippen molar-refractivity contribution in [2.24, 2.45) is 5.92 Å². The maximum absolute atomic E-state index is 11.0. The van der Waals surface area contributed by atoms with E-state index in [0.717, 1.165) is 58.0 Å². The van der Waals surface area contributed by atoms with Crippen LogP contribution >= 0.6 is 0 Å². The molecule has 1 heterocycles. The monoisotopic (exact) mass is 213 g/mol. The van der Waals surface area contributed by atoms with Crippen LogP contribution in [0.1, 0.15) is 33.1 Å². The largest absolute Gasteiger partial charge is 0.380 e. The van der Waals surface area contributed by atoms with Gasteiger partial charge in [-0.1, -0.05) is 13.8 Å². The fourth-order valence-corrected chi connectivity index (χ4v) is 1.64. The molecule has 1 fully saturated rings. The molecule has 0 bridgehead atoms. The SMILES string of the molecule is CC(C)CCOCCN1CCC(=O)CC1. The van der Waals surface area contributed by atoms with Gasteiger partial charge in [0.1, 0.15) is 5.78 Å². The fourth-order valence-electron chi connectivity index (χ4n) is 1.64. The molecule has 0 spiro atoms. The summed E-state index contributed by atoms with van der Waals surface area (Å²) in [5.41, 5.74) is 0. The summed E-state index contributed by atoms with van der Waals surface area (Å²) in [4.78, 5) is 13.3. The summed E-state index contributed by atoms with van der Waals surface area (Å²) >= 11 is 0. The summed E-state index contributed by atoms with van der Waals surface area (Å²) in [7, 11) is 0. The predicted octanol–water partition coefficient (Wildman–Crippen LogP) is 1.71. The number of ether oxygens (including phenoxy) is 1. The Labute approximate surface area is 92.8 Å². The van der Waals surface area contributed by atoms with Crippen molar-refractivity contribution in [1.82, 2.24) is 4.90 Å². The molecule has 0 saturated carbocycles. The van der Waals surface area contributed by atoms with Gasteiger partial charge in [-0.05, 0) is 12.3 Å². The first kappa shape index (κ1) is 12.7. The van der Waals surface area contributed by atoms with Gasteiger partial charge in [0.15, 0.2) is 0 Å². The quantitative estimate of drug-likeness (QED) is 0.629. The van der Waals surface area contributed by atoms with E-state index >= 15 is 0 Å². The van der Waals surface area contributed by atoms with Crippen LogP contribution in [0.4, 0.5) is 0 Å². The number of Topliss-reactive ketones (excluding diaryl/α,β-unsaturated/α-hetero) is 1. The lowest BCUT2D eigenvalue weighted by atomic mass is 10.1. The fraction of sp³-hybridized carbons (Fsp3) is 0.917. The van der Waals surface area contributed by atoms with Crippen LogP contribution in [0.3, 0.4) is 0 Å². The Bertz CT molecular complexity index is 182. The highest BCUT2D eigenvalue weighted by atomic mass is 16.5. The third-order valence-electron chi connectivity index (χ3n) is 2.81. The van der Waals surface area contributed by atoms with E-state index in [-0.39, 0.29) is 0 Å². The second kappa shape index (κ2) is 6.96. The second-order valence-corrected chi connectivity index (χ2v) is 4.68. The molecule has 0 aromatic heterocycles. The molecule has 0 aromatic carbocycles. The highest BCUT2D eigenvalue weighted by Gasteiger charge is 2.15. The highest BCUT2D eigenvalue weighted by molar-refractivity contribution is 5.79. The van der Waals surface area contributed by atoms with E-state index in [1.165, 1.54) is 0 Å². The summed E-state index contributed by atoms with van der Waals surface area (Å²) in [5, 5.41) is 0. The van der Waals surface area contributed by atoms with E-state index in [1.54, 1.807) is 0 Å². The lowest BCUT2D eigenvalue weighted by Crippen LogP contribution is -2.36. The molecule has 0 unspecified atom stereocenters. The van der Waals surface area contributed by atoms with Crippen molar-refractivity contribution >= 4 is 5.78 Å². The minimum absolute atomic E-state index is 0.409. The summed E-state index contributed by atoms with van der Waals surface area (Å²) < 4.78 is 5.55. The molecule has 1 saturated heterocycles. The van der Waals surface area contributed by atoms with Gasteiger partial charge in [0.25, 0.3) is 0 Å². The van der Waals surface area contributed by atoms with Gasteiger partial charge in [-0.25, -0.2) is 0 Å². The highest BCUT2D eigenvalue weighted by Crippen LogP contribution is 2.05. The van der Waals surface area contributed by atoms with E-state index in [9.17, 15) is 4.79 Å². The van der Waals surface area contributed by atoms with Gasteiger partial charge in [0.2, 0.25) is 0 Å². The third kappa shape index (κ3) is 5.90. The molecule has 0 aromatic rings. The van der Waals surface area contributed by atoms with Crippen molar-refractivity contribution in [3.8, 4) is 0 Å². The Kier molecular flexibility index (Phi) is 5.88. The Balaban J connectivity index is 1.94. The van der Waals surface area contributed by atoms with Gasteiger partial charge in [-0.2, -0.15) is 0 Å². The molecular formula is C12H23NO2. The van der Waals surface area contributed by atoms with Crippen LogP contribution in [0.15, 0.2) is 0 Å². The van der Waals surface area contributed by atoms with Gasteiger partial charge in [-0.15, -0.1) is 0 Å². The molecule has 3 heteroatoms. The lowest BCUT2D eigenvalue weighted by molar-refractivity contribution is -0.121. The zero-order valence-corrected chi connectivity index (χ0v) is 10.00. The normalized spacial score (nSPS) is 18.7. The standard InChI is InChI=1S/C12H23NO2/c1-11(2)5-9-15-10-8-13-6-3-12(14)4-7-13/h11H,3-10H2,1-2H3. The van der Waals surface area contributed by atoms with E-state index in [0.29, 0.717) is 5.78 Å². The third-order valence-corrected chi connectivity index (χ3v) is 2.81. The minimum Gasteiger partial charge on any atom is -0.380 e. The van der Waals surface area contributed by atoms with Crippen LogP contribution < -0.4 is 0 Å².